The molecular formula is C15H20BrN3O2. The molecule has 3 heterocycles. The number of halogens is 1. The van der Waals surface area contributed by atoms with Gasteiger partial charge in [0.2, 0.25) is 0 Å². The Hall–Kier alpha value is -1.30. The van der Waals surface area contributed by atoms with Gasteiger partial charge in [-0.05, 0) is 55.3 Å². The van der Waals surface area contributed by atoms with E-state index in [2.05, 4.69) is 25.8 Å². The molecule has 2 saturated heterocycles. The number of ether oxygens (including phenoxy) is 1. The van der Waals surface area contributed by atoms with Crippen LogP contribution in [0.1, 0.15) is 27.2 Å². The summed E-state index contributed by atoms with van der Waals surface area (Å²) in [6.07, 6.45) is 2.61. The second-order valence-corrected chi connectivity index (χ2v) is 7.58. The van der Waals surface area contributed by atoms with Gasteiger partial charge in [-0.3, -0.25) is 0 Å². The Morgan fingerprint density at radius 1 is 1.33 bits per heavy atom. The van der Waals surface area contributed by atoms with E-state index in [1.807, 2.05) is 44.0 Å². The van der Waals surface area contributed by atoms with Crippen molar-refractivity contribution in [2.24, 2.45) is 0 Å². The van der Waals surface area contributed by atoms with Crippen molar-refractivity contribution < 1.29 is 9.53 Å². The third-order valence-corrected chi connectivity index (χ3v) is 4.34. The minimum atomic E-state index is -0.439. The van der Waals surface area contributed by atoms with E-state index in [1.54, 1.807) is 0 Å². The molecule has 21 heavy (non-hydrogen) atoms. The van der Waals surface area contributed by atoms with Crippen LogP contribution in [0.4, 0.5) is 10.6 Å². The second-order valence-electron chi connectivity index (χ2n) is 6.66. The van der Waals surface area contributed by atoms with Crippen molar-refractivity contribution in [1.82, 2.24) is 9.88 Å². The van der Waals surface area contributed by atoms with Gasteiger partial charge in [-0.25, -0.2) is 9.78 Å². The molecule has 1 aromatic rings. The topological polar surface area (TPSA) is 45.7 Å². The summed E-state index contributed by atoms with van der Waals surface area (Å²) in [6.45, 7) is 7.25. The Bertz CT molecular complexity index is 541. The molecule has 2 aliphatic rings. The number of likely N-dealkylation sites (tertiary alicyclic amines) is 1. The zero-order valence-corrected chi connectivity index (χ0v) is 14.1. The molecule has 0 spiro atoms. The second kappa shape index (κ2) is 5.16. The molecule has 0 aromatic carbocycles. The molecule has 114 valence electrons. The van der Waals surface area contributed by atoms with E-state index in [-0.39, 0.29) is 12.1 Å². The summed E-state index contributed by atoms with van der Waals surface area (Å²) < 4.78 is 6.46. The van der Waals surface area contributed by atoms with Gasteiger partial charge in [0.1, 0.15) is 11.4 Å². The first-order valence-corrected chi connectivity index (χ1v) is 8.00. The van der Waals surface area contributed by atoms with Crippen LogP contribution < -0.4 is 4.90 Å². The first-order chi connectivity index (χ1) is 9.83. The van der Waals surface area contributed by atoms with Crippen molar-refractivity contribution in [3.8, 4) is 0 Å². The van der Waals surface area contributed by atoms with Crippen LogP contribution in [0, 0.1) is 0 Å². The predicted octanol–water partition coefficient (Wildman–Crippen LogP) is 3.04. The molecule has 1 aromatic heterocycles. The summed E-state index contributed by atoms with van der Waals surface area (Å²) in [6, 6.07) is 4.59. The van der Waals surface area contributed by atoms with E-state index in [0.717, 1.165) is 29.8 Å². The third kappa shape index (κ3) is 3.00. The third-order valence-electron chi connectivity index (χ3n) is 3.87. The maximum Gasteiger partial charge on any atom is 0.410 e. The average Bonchev–Trinajstić information content (AvgIpc) is 2.97. The smallest absolute Gasteiger partial charge is 0.410 e. The molecule has 0 radical (unpaired) electrons. The number of nitrogens with zero attached hydrogens (tertiary/aromatic N) is 3. The fourth-order valence-electron chi connectivity index (χ4n) is 3.03. The molecule has 6 heteroatoms. The molecule has 1 amide bonds. The highest BCUT2D eigenvalue weighted by atomic mass is 79.9. The summed E-state index contributed by atoms with van der Waals surface area (Å²) in [5.74, 6) is 0.981. The van der Waals surface area contributed by atoms with E-state index in [1.165, 1.54) is 0 Å². The van der Waals surface area contributed by atoms with Crippen molar-refractivity contribution in [2.45, 2.75) is 44.9 Å². The maximum absolute atomic E-state index is 12.2. The Kier molecular flexibility index (Phi) is 3.59. The van der Waals surface area contributed by atoms with Crippen LogP contribution in [0.3, 0.4) is 0 Å². The van der Waals surface area contributed by atoms with Crippen LogP contribution in [0.5, 0.6) is 0 Å². The number of hydrogen-bond acceptors (Lipinski definition) is 4. The van der Waals surface area contributed by atoms with Crippen molar-refractivity contribution in [1.29, 1.82) is 0 Å². The number of aromatic nitrogens is 1. The number of carbonyl (C=O) groups is 1. The number of rotatable bonds is 1. The van der Waals surface area contributed by atoms with Crippen LogP contribution in [-0.4, -0.2) is 46.8 Å². The average molecular weight is 354 g/mol. The Morgan fingerprint density at radius 3 is 2.62 bits per heavy atom. The molecule has 0 saturated carbocycles. The lowest BCUT2D eigenvalue weighted by Gasteiger charge is -2.35. The van der Waals surface area contributed by atoms with Crippen LogP contribution >= 0.6 is 15.9 Å². The first kappa shape index (κ1) is 14.6. The molecular weight excluding hydrogens is 334 g/mol. The van der Waals surface area contributed by atoms with Crippen molar-refractivity contribution >= 4 is 27.8 Å². The van der Waals surface area contributed by atoms with Gasteiger partial charge in [-0.15, -0.1) is 0 Å². The van der Waals surface area contributed by atoms with Gasteiger partial charge in [0.25, 0.3) is 0 Å². The summed E-state index contributed by atoms with van der Waals surface area (Å²) >= 11 is 3.40. The van der Waals surface area contributed by atoms with Gasteiger partial charge in [0, 0.05) is 23.8 Å². The minimum Gasteiger partial charge on any atom is -0.444 e. The number of pyridine rings is 1. The zero-order chi connectivity index (χ0) is 15.2. The highest BCUT2D eigenvalue weighted by Gasteiger charge is 2.46. The Labute approximate surface area is 133 Å². The van der Waals surface area contributed by atoms with Crippen LogP contribution in [0.15, 0.2) is 22.8 Å². The molecule has 0 aliphatic carbocycles. The van der Waals surface area contributed by atoms with Gasteiger partial charge in [-0.1, -0.05) is 0 Å². The number of piperazine rings is 1. The Morgan fingerprint density at radius 2 is 2.10 bits per heavy atom. The largest absolute Gasteiger partial charge is 0.444 e. The van der Waals surface area contributed by atoms with Gasteiger partial charge in [0.05, 0.1) is 12.1 Å². The number of carbonyl (C=O) groups excluding carboxylic acids is 1. The Balaban J connectivity index is 1.66. The predicted molar refractivity (Wildman–Crippen MR) is 84.4 cm³/mol. The van der Waals surface area contributed by atoms with Gasteiger partial charge < -0.3 is 14.5 Å². The van der Waals surface area contributed by atoms with E-state index < -0.39 is 5.60 Å². The number of amides is 1. The minimum absolute atomic E-state index is 0.196. The number of fused-ring (bicyclic) bond motifs is 2. The molecule has 3 rings (SSSR count). The quantitative estimate of drug-likeness (QED) is 0.778. The first-order valence-electron chi connectivity index (χ1n) is 7.21. The summed E-state index contributed by atoms with van der Waals surface area (Å²) in [5, 5.41) is 0. The standard InChI is InChI=1S/C15H20BrN3O2/c1-15(2,3)21-14(20)19-9-11-6-12(19)8-18(11)13-5-4-10(16)7-17-13/h4-5,7,11-12H,6,8-9H2,1-3H3/t11-,12?/m0/s1. The molecule has 2 fully saturated rings. The van der Waals surface area contributed by atoms with E-state index in [4.69, 9.17) is 4.74 Å². The van der Waals surface area contributed by atoms with Crippen molar-refractivity contribution in [3.63, 3.8) is 0 Å². The lowest BCUT2D eigenvalue weighted by atomic mass is 10.2. The van der Waals surface area contributed by atoms with Crippen molar-refractivity contribution in [2.75, 3.05) is 18.0 Å². The zero-order valence-electron chi connectivity index (χ0n) is 12.5. The lowest BCUT2D eigenvalue weighted by Crippen LogP contribution is -2.50. The molecule has 2 bridgehead atoms. The van der Waals surface area contributed by atoms with Crippen molar-refractivity contribution in [3.05, 3.63) is 22.8 Å². The summed E-state index contributed by atoms with van der Waals surface area (Å²) in [4.78, 5) is 20.8. The van der Waals surface area contributed by atoms with Gasteiger partial charge >= 0.3 is 6.09 Å². The van der Waals surface area contributed by atoms with E-state index in [0.29, 0.717) is 6.04 Å². The van der Waals surface area contributed by atoms with Crippen LogP contribution in [0.25, 0.3) is 0 Å². The van der Waals surface area contributed by atoms with E-state index in [9.17, 15) is 4.79 Å². The molecule has 5 nitrogen and oxygen atoms in total. The molecule has 1 unspecified atom stereocenters. The normalized spacial score (nSPS) is 24.6. The monoisotopic (exact) mass is 353 g/mol. The fraction of sp³-hybridized carbons (Fsp3) is 0.600. The van der Waals surface area contributed by atoms with Crippen LogP contribution in [0.2, 0.25) is 0 Å². The lowest BCUT2D eigenvalue weighted by molar-refractivity contribution is 0.0214. The van der Waals surface area contributed by atoms with E-state index >= 15 is 0 Å². The number of anilines is 1. The highest BCUT2D eigenvalue weighted by molar-refractivity contribution is 9.10. The maximum atomic E-state index is 12.2. The fourth-order valence-corrected chi connectivity index (χ4v) is 3.26. The molecule has 2 atom stereocenters. The summed E-state index contributed by atoms with van der Waals surface area (Å²) in [7, 11) is 0. The van der Waals surface area contributed by atoms with Gasteiger partial charge in [0.15, 0.2) is 0 Å². The molecule has 0 N–H and O–H groups in total. The summed E-state index contributed by atoms with van der Waals surface area (Å²) in [5.41, 5.74) is -0.439. The van der Waals surface area contributed by atoms with Gasteiger partial charge in [-0.2, -0.15) is 0 Å². The molecule has 2 aliphatic heterocycles. The van der Waals surface area contributed by atoms with Crippen LogP contribution in [-0.2, 0) is 4.74 Å². The highest BCUT2D eigenvalue weighted by Crippen LogP contribution is 2.34. The SMILES string of the molecule is CC(C)(C)OC(=O)N1C[C@@H]2CC1CN2c1ccc(Br)cn1. The number of hydrogen-bond donors (Lipinski definition) is 0.